The Labute approximate surface area is 159 Å². The summed E-state index contributed by atoms with van der Waals surface area (Å²) < 4.78 is 5.16. The summed E-state index contributed by atoms with van der Waals surface area (Å²) in [5.41, 5.74) is 4.39. The lowest BCUT2D eigenvalue weighted by molar-refractivity contribution is 0.102. The van der Waals surface area contributed by atoms with E-state index >= 15 is 0 Å². The summed E-state index contributed by atoms with van der Waals surface area (Å²) in [7, 11) is 5.61. The lowest BCUT2D eigenvalue weighted by Gasteiger charge is -2.13. The van der Waals surface area contributed by atoms with Crippen LogP contribution in [0, 0.1) is 0 Å². The molecule has 5 heteroatoms. The van der Waals surface area contributed by atoms with Gasteiger partial charge in [-0.25, -0.2) is 0 Å². The minimum absolute atomic E-state index is 0.172. The first-order chi connectivity index (χ1) is 13.0. The zero-order chi connectivity index (χ0) is 19.2. The number of ether oxygens (including phenoxy) is 1. The van der Waals surface area contributed by atoms with E-state index in [2.05, 4.69) is 27.7 Å². The normalized spacial score (nSPS) is 10.2. The number of rotatable bonds is 6. The van der Waals surface area contributed by atoms with Gasteiger partial charge in [0, 0.05) is 42.4 Å². The zero-order valence-electron chi connectivity index (χ0n) is 15.7. The Bertz CT molecular complexity index is 904. The van der Waals surface area contributed by atoms with Crippen molar-refractivity contribution in [1.29, 1.82) is 0 Å². The monoisotopic (exact) mass is 361 g/mol. The third-order valence-electron chi connectivity index (χ3n) is 4.15. The van der Waals surface area contributed by atoms with Crippen LogP contribution in [-0.2, 0) is 0 Å². The van der Waals surface area contributed by atoms with E-state index in [0.29, 0.717) is 11.3 Å². The summed E-state index contributed by atoms with van der Waals surface area (Å²) in [4.78, 5) is 14.4. The molecule has 1 amide bonds. The molecule has 27 heavy (non-hydrogen) atoms. The number of hydrogen-bond donors (Lipinski definition) is 2. The molecule has 0 aliphatic rings. The summed E-state index contributed by atoms with van der Waals surface area (Å²) in [5.74, 6) is 0.483. The van der Waals surface area contributed by atoms with Crippen LogP contribution < -0.4 is 20.3 Å². The number of anilines is 4. The Morgan fingerprint density at radius 1 is 0.852 bits per heavy atom. The second-order valence-electron chi connectivity index (χ2n) is 6.33. The molecule has 0 aromatic heterocycles. The lowest BCUT2D eigenvalue weighted by atomic mass is 10.2. The van der Waals surface area contributed by atoms with Gasteiger partial charge in [-0.2, -0.15) is 0 Å². The Hall–Kier alpha value is -3.47. The molecule has 3 rings (SSSR count). The van der Waals surface area contributed by atoms with Crippen LogP contribution in [-0.4, -0.2) is 27.1 Å². The van der Waals surface area contributed by atoms with Gasteiger partial charge in [-0.05, 0) is 66.7 Å². The van der Waals surface area contributed by atoms with Crippen LogP contribution in [0.1, 0.15) is 10.4 Å². The predicted octanol–water partition coefficient (Wildman–Crippen LogP) is 4.76. The number of methoxy groups -OCH3 is 1. The fourth-order valence-electron chi connectivity index (χ4n) is 2.61. The van der Waals surface area contributed by atoms with Crippen molar-refractivity contribution in [2.75, 3.05) is 36.7 Å². The van der Waals surface area contributed by atoms with E-state index in [-0.39, 0.29) is 5.91 Å². The maximum Gasteiger partial charge on any atom is 0.255 e. The number of carbonyl (C=O) groups excluding carboxylic acids is 1. The highest BCUT2D eigenvalue weighted by Crippen LogP contribution is 2.22. The van der Waals surface area contributed by atoms with E-state index in [4.69, 9.17) is 4.74 Å². The van der Waals surface area contributed by atoms with Crippen LogP contribution in [0.25, 0.3) is 0 Å². The van der Waals surface area contributed by atoms with Crippen molar-refractivity contribution in [2.45, 2.75) is 0 Å². The van der Waals surface area contributed by atoms with Crippen molar-refractivity contribution in [2.24, 2.45) is 0 Å². The molecule has 0 atom stereocenters. The molecule has 2 N–H and O–H groups in total. The molecule has 3 aromatic rings. The van der Waals surface area contributed by atoms with E-state index in [0.717, 1.165) is 22.7 Å². The molecule has 138 valence electrons. The number of benzene rings is 3. The third-order valence-corrected chi connectivity index (χ3v) is 4.15. The van der Waals surface area contributed by atoms with Gasteiger partial charge in [0.1, 0.15) is 5.75 Å². The van der Waals surface area contributed by atoms with Crippen LogP contribution in [0.15, 0.2) is 72.8 Å². The van der Waals surface area contributed by atoms with E-state index in [1.54, 1.807) is 25.3 Å². The quantitative estimate of drug-likeness (QED) is 0.665. The van der Waals surface area contributed by atoms with Gasteiger partial charge in [0.05, 0.1) is 7.11 Å². The van der Waals surface area contributed by atoms with Crippen molar-refractivity contribution in [3.63, 3.8) is 0 Å². The van der Waals surface area contributed by atoms with E-state index < -0.39 is 0 Å². The SMILES string of the molecule is COc1cccc(C(=O)Nc2ccc(Nc3ccc(N(C)C)cc3)cc2)c1. The second kappa shape index (κ2) is 8.27. The van der Waals surface area contributed by atoms with Crippen LogP contribution in [0.4, 0.5) is 22.7 Å². The topological polar surface area (TPSA) is 53.6 Å². The van der Waals surface area contributed by atoms with Gasteiger partial charge >= 0.3 is 0 Å². The van der Waals surface area contributed by atoms with Crippen molar-refractivity contribution in [3.8, 4) is 5.75 Å². The molecule has 0 radical (unpaired) electrons. The fourth-order valence-corrected chi connectivity index (χ4v) is 2.61. The Kier molecular flexibility index (Phi) is 5.61. The summed E-state index contributed by atoms with van der Waals surface area (Å²) in [6.07, 6.45) is 0. The maximum atomic E-state index is 12.4. The average Bonchev–Trinajstić information content (AvgIpc) is 2.70. The summed E-state index contributed by atoms with van der Waals surface area (Å²) >= 11 is 0. The van der Waals surface area contributed by atoms with E-state index in [9.17, 15) is 4.79 Å². The largest absolute Gasteiger partial charge is 0.497 e. The molecule has 0 fully saturated rings. The first-order valence-corrected chi connectivity index (χ1v) is 8.65. The molecule has 0 heterocycles. The van der Waals surface area contributed by atoms with Gasteiger partial charge in [0.25, 0.3) is 5.91 Å². The summed E-state index contributed by atoms with van der Waals surface area (Å²) in [5, 5.41) is 6.24. The summed E-state index contributed by atoms with van der Waals surface area (Å²) in [6, 6.07) is 22.9. The number of amides is 1. The first-order valence-electron chi connectivity index (χ1n) is 8.65. The van der Waals surface area contributed by atoms with Crippen molar-refractivity contribution < 1.29 is 9.53 Å². The molecule has 0 aliphatic heterocycles. The summed E-state index contributed by atoms with van der Waals surface area (Å²) in [6.45, 7) is 0. The van der Waals surface area contributed by atoms with Crippen LogP contribution >= 0.6 is 0 Å². The van der Waals surface area contributed by atoms with Crippen molar-refractivity contribution >= 4 is 28.7 Å². The van der Waals surface area contributed by atoms with E-state index in [1.807, 2.05) is 56.6 Å². The van der Waals surface area contributed by atoms with Gasteiger partial charge in [-0.1, -0.05) is 6.07 Å². The molecule has 0 aliphatic carbocycles. The molecule has 3 aromatic carbocycles. The van der Waals surface area contributed by atoms with Crippen LogP contribution in [0.3, 0.4) is 0 Å². The smallest absolute Gasteiger partial charge is 0.255 e. The Morgan fingerprint density at radius 3 is 2.04 bits per heavy atom. The van der Waals surface area contributed by atoms with Gasteiger partial charge in [0.15, 0.2) is 0 Å². The third kappa shape index (κ3) is 4.79. The molecular weight excluding hydrogens is 338 g/mol. The number of carbonyl (C=O) groups is 1. The van der Waals surface area contributed by atoms with Gasteiger partial charge in [0.2, 0.25) is 0 Å². The highest BCUT2D eigenvalue weighted by Gasteiger charge is 2.07. The minimum atomic E-state index is -0.172. The molecule has 5 nitrogen and oxygen atoms in total. The lowest BCUT2D eigenvalue weighted by Crippen LogP contribution is -2.11. The number of nitrogens with zero attached hydrogens (tertiary/aromatic N) is 1. The van der Waals surface area contributed by atoms with Crippen LogP contribution in [0.5, 0.6) is 5.75 Å². The van der Waals surface area contributed by atoms with Crippen LogP contribution in [0.2, 0.25) is 0 Å². The maximum absolute atomic E-state index is 12.4. The molecule has 0 spiro atoms. The standard InChI is InChI=1S/C22H23N3O2/c1-25(2)20-13-11-18(12-14-20)23-17-7-9-19(10-8-17)24-22(26)16-5-4-6-21(15-16)27-3/h4-15,23H,1-3H3,(H,24,26). The highest BCUT2D eigenvalue weighted by atomic mass is 16.5. The van der Waals surface area contributed by atoms with Gasteiger partial charge in [-0.3, -0.25) is 4.79 Å². The Balaban J connectivity index is 1.63. The Morgan fingerprint density at radius 2 is 1.44 bits per heavy atom. The zero-order valence-corrected chi connectivity index (χ0v) is 15.7. The predicted molar refractivity (Wildman–Crippen MR) is 111 cm³/mol. The molecule has 0 saturated carbocycles. The second-order valence-corrected chi connectivity index (χ2v) is 6.33. The minimum Gasteiger partial charge on any atom is -0.497 e. The molecule has 0 bridgehead atoms. The molecular formula is C22H23N3O2. The molecule has 0 saturated heterocycles. The molecule has 0 unspecified atom stereocenters. The number of hydrogen-bond acceptors (Lipinski definition) is 4. The fraction of sp³-hybridized carbons (Fsp3) is 0.136. The van der Waals surface area contributed by atoms with Gasteiger partial charge in [-0.15, -0.1) is 0 Å². The van der Waals surface area contributed by atoms with E-state index in [1.165, 1.54) is 0 Å². The van der Waals surface area contributed by atoms with Crippen molar-refractivity contribution in [1.82, 2.24) is 0 Å². The highest BCUT2D eigenvalue weighted by molar-refractivity contribution is 6.04. The average molecular weight is 361 g/mol. The number of nitrogens with one attached hydrogen (secondary N) is 2. The van der Waals surface area contributed by atoms with Crippen molar-refractivity contribution in [3.05, 3.63) is 78.4 Å². The van der Waals surface area contributed by atoms with Gasteiger partial charge < -0.3 is 20.3 Å². The first kappa shape index (κ1) is 18.3.